The van der Waals surface area contributed by atoms with Crippen LogP contribution >= 0.6 is 15.9 Å². The molecule has 0 aliphatic heterocycles. The fourth-order valence-corrected chi connectivity index (χ4v) is 2.13. The van der Waals surface area contributed by atoms with Crippen LogP contribution in [0.2, 0.25) is 0 Å². The first-order valence-electron chi connectivity index (χ1n) is 6.73. The summed E-state index contributed by atoms with van der Waals surface area (Å²) in [5, 5.41) is 3.38. The van der Waals surface area contributed by atoms with Gasteiger partial charge in [-0.1, -0.05) is 26.0 Å². The molecule has 20 heavy (non-hydrogen) atoms. The van der Waals surface area contributed by atoms with Gasteiger partial charge in [-0.25, -0.2) is 0 Å². The van der Waals surface area contributed by atoms with E-state index in [2.05, 4.69) is 40.1 Å². The number of nitrogens with zero attached hydrogens (tertiary/aromatic N) is 1. The van der Waals surface area contributed by atoms with Gasteiger partial charge in [-0.05, 0) is 46.6 Å². The van der Waals surface area contributed by atoms with E-state index >= 15 is 0 Å². The van der Waals surface area contributed by atoms with Gasteiger partial charge in [-0.15, -0.1) is 0 Å². The number of hydrogen-bond acceptors (Lipinski definition) is 3. The lowest BCUT2D eigenvalue weighted by atomic mass is 10.2. The van der Waals surface area contributed by atoms with Crippen molar-refractivity contribution in [1.82, 2.24) is 10.3 Å². The molecule has 3 nitrogen and oxygen atoms in total. The molecule has 0 amide bonds. The van der Waals surface area contributed by atoms with Crippen LogP contribution in [0.3, 0.4) is 0 Å². The minimum Gasteiger partial charge on any atom is -0.456 e. The molecule has 0 fully saturated rings. The van der Waals surface area contributed by atoms with Crippen LogP contribution < -0.4 is 10.1 Å². The fraction of sp³-hybridized carbons (Fsp3) is 0.312. The van der Waals surface area contributed by atoms with Gasteiger partial charge in [0.2, 0.25) is 0 Å². The summed E-state index contributed by atoms with van der Waals surface area (Å²) in [6, 6.07) is 11.6. The first-order chi connectivity index (χ1) is 9.65. The van der Waals surface area contributed by atoms with Crippen molar-refractivity contribution in [3.63, 3.8) is 0 Å². The summed E-state index contributed by atoms with van der Waals surface area (Å²) < 4.78 is 6.80. The number of hydrogen-bond donors (Lipinski definition) is 1. The van der Waals surface area contributed by atoms with Crippen molar-refractivity contribution in [3.8, 4) is 11.5 Å². The molecule has 0 aliphatic carbocycles. The quantitative estimate of drug-likeness (QED) is 0.851. The molecule has 4 heteroatoms. The van der Waals surface area contributed by atoms with Gasteiger partial charge in [0.15, 0.2) is 0 Å². The monoisotopic (exact) mass is 334 g/mol. The molecule has 0 radical (unpaired) electrons. The lowest BCUT2D eigenvalue weighted by molar-refractivity contribution is 0.476. The summed E-state index contributed by atoms with van der Waals surface area (Å²) in [6.45, 7) is 6.11. The molecule has 0 spiro atoms. The molecule has 0 atom stereocenters. The van der Waals surface area contributed by atoms with Gasteiger partial charge < -0.3 is 10.1 Å². The minimum atomic E-state index is 0.634. The van der Waals surface area contributed by atoms with Crippen LogP contribution in [0.1, 0.15) is 19.5 Å². The summed E-state index contributed by atoms with van der Waals surface area (Å²) in [5.74, 6) is 2.24. The molecule has 1 heterocycles. The molecule has 1 N–H and O–H groups in total. The zero-order valence-electron chi connectivity index (χ0n) is 11.8. The van der Waals surface area contributed by atoms with E-state index in [9.17, 15) is 0 Å². The van der Waals surface area contributed by atoms with Crippen molar-refractivity contribution >= 4 is 15.9 Å². The van der Waals surface area contributed by atoms with Gasteiger partial charge in [-0.2, -0.15) is 0 Å². The van der Waals surface area contributed by atoms with Gasteiger partial charge in [0.25, 0.3) is 0 Å². The van der Waals surface area contributed by atoms with E-state index in [1.807, 2.05) is 36.4 Å². The highest BCUT2D eigenvalue weighted by atomic mass is 79.9. The highest BCUT2D eigenvalue weighted by Crippen LogP contribution is 2.29. The number of aromatic nitrogens is 1. The second-order valence-corrected chi connectivity index (χ2v) is 5.89. The van der Waals surface area contributed by atoms with Crippen LogP contribution in [0.5, 0.6) is 11.5 Å². The smallest absolute Gasteiger partial charge is 0.141 e. The van der Waals surface area contributed by atoms with Gasteiger partial charge in [0, 0.05) is 18.8 Å². The molecule has 1 aromatic carbocycles. The zero-order chi connectivity index (χ0) is 14.4. The number of benzene rings is 1. The Morgan fingerprint density at radius 2 is 2.05 bits per heavy atom. The molecule has 0 saturated heterocycles. The van der Waals surface area contributed by atoms with Crippen molar-refractivity contribution in [2.75, 3.05) is 6.54 Å². The second kappa shape index (κ2) is 7.41. The molecule has 0 aliphatic rings. The first kappa shape index (κ1) is 15.0. The molecule has 0 bridgehead atoms. The van der Waals surface area contributed by atoms with Crippen LogP contribution in [0.25, 0.3) is 0 Å². The van der Waals surface area contributed by atoms with Gasteiger partial charge in [0.1, 0.15) is 11.5 Å². The number of ether oxygens (including phenoxy) is 1. The highest BCUT2D eigenvalue weighted by molar-refractivity contribution is 9.10. The Hall–Kier alpha value is -1.39. The van der Waals surface area contributed by atoms with E-state index in [0.717, 1.165) is 34.8 Å². The third kappa shape index (κ3) is 4.62. The third-order valence-corrected chi connectivity index (χ3v) is 3.37. The van der Waals surface area contributed by atoms with Crippen LogP contribution in [-0.4, -0.2) is 11.5 Å². The lowest BCUT2D eigenvalue weighted by Gasteiger charge is -2.10. The summed E-state index contributed by atoms with van der Waals surface area (Å²) >= 11 is 3.48. The maximum atomic E-state index is 5.86. The van der Waals surface area contributed by atoms with E-state index in [1.165, 1.54) is 0 Å². The largest absolute Gasteiger partial charge is 0.456 e. The van der Waals surface area contributed by atoms with Gasteiger partial charge >= 0.3 is 0 Å². The molecule has 1 aromatic heterocycles. The Labute approximate surface area is 128 Å². The van der Waals surface area contributed by atoms with E-state index < -0.39 is 0 Å². The topological polar surface area (TPSA) is 34.1 Å². The molecule has 2 rings (SSSR count). The minimum absolute atomic E-state index is 0.634. The third-order valence-electron chi connectivity index (χ3n) is 2.71. The summed E-state index contributed by atoms with van der Waals surface area (Å²) in [4.78, 5) is 4.35. The number of para-hydroxylation sites is 1. The van der Waals surface area contributed by atoms with E-state index in [1.54, 1.807) is 6.20 Å². The molecular weight excluding hydrogens is 316 g/mol. The Morgan fingerprint density at radius 1 is 1.25 bits per heavy atom. The zero-order valence-corrected chi connectivity index (χ0v) is 13.4. The summed E-state index contributed by atoms with van der Waals surface area (Å²) in [7, 11) is 0. The maximum absolute atomic E-state index is 5.86. The first-order valence-corrected chi connectivity index (χ1v) is 7.52. The standard InChI is InChI=1S/C16H19BrN2O/c1-12(2)10-18-11-13-9-14(7-8-19-13)20-16-6-4-3-5-15(16)17/h3-9,12,18H,10-11H2,1-2H3. The summed E-state index contributed by atoms with van der Waals surface area (Å²) in [5.41, 5.74) is 0.982. The molecule has 106 valence electrons. The van der Waals surface area contributed by atoms with Crippen LogP contribution in [-0.2, 0) is 6.54 Å². The Bertz CT molecular complexity index is 558. The molecular formula is C16H19BrN2O. The van der Waals surface area contributed by atoms with Crippen LogP contribution in [0, 0.1) is 5.92 Å². The second-order valence-electron chi connectivity index (χ2n) is 5.04. The van der Waals surface area contributed by atoms with Crippen molar-refractivity contribution in [1.29, 1.82) is 0 Å². The average molecular weight is 335 g/mol. The van der Waals surface area contributed by atoms with E-state index in [0.29, 0.717) is 5.92 Å². The molecule has 0 unspecified atom stereocenters. The van der Waals surface area contributed by atoms with Crippen molar-refractivity contribution in [3.05, 3.63) is 52.8 Å². The van der Waals surface area contributed by atoms with Gasteiger partial charge in [-0.3, -0.25) is 4.98 Å². The average Bonchev–Trinajstić information content (AvgIpc) is 2.41. The predicted octanol–water partition coefficient (Wildman–Crippen LogP) is 4.38. The number of pyridine rings is 1. The molecule has 2 aromatic rings. The highest BCUT2D eigenvalue weighted by Gasteiger charge is 2.03. The predicted molar refractivity (Wildman–Crippen MR) is 85.0 cm³/mol. The maximum Gasteiger partial charge on any atom is 0.141 e. The van der Waals surface area contributed by atoms with Crippen molar-refractivity contribution in [2.45, 2.75) is 20.4 Å². The van der Waals surface area contributed by atoms with Crippen molar-refractivity contribution in [2.24, 2.45) is 5.92 Å². The van der Waals surface area contributed by atoms with Crippen molar-refractivity contribution < 1.29 is 4.74 Å². The fourth-order valence-electron chi connectivity index (χ4n) is 1.76. The Kier molecular flexibility index (Phi) is 5.56. The lowest BCUT2D eigenvalue weighted by Crippen LogP contribution is -2.19. The number of rotatable bonds is 6. The summed E-state index contributed by atoms with van der Waals surface area (Å²) in [6.07, 6.45) is 1.78. The number of nitrogens with one attached hydrogen (secondary N) is 1. The Morgan fingerprint density at radius 3 is 2.80 bits per heavy atom. The van der Waals surface area contributed by atoms with E-state index in [-0.39, 0.29) is 0 Å². The van der Waals surface area contributed by atoms with Crippen LogP contribution in [0.15, 0.2) is 47.1 Å². The van der Waals surface area contributed by atoms with E-state index in [4.69, 9.17) is 4.74 Å². The Balaban J connectivity index is 2.01. The SMILES string of the molecule is CC(C)CNCc1cc(Oc2ccccc2Br)ccn1. The molecule has 0 saturated carbocycles. The van der Waals surface area contributed by atoms with Gasteiger partial charge in [0.05, 0.1) is 10.2 Å². The number of halogens is 1. The van der Waals surface area contributed by atoms with Crippen LogP contribution in [0.4, 0.5) is 0 Å². The normalized spacial score (nSPS) is 10.8.